The molecule has 0 fully saturated rings. The standard InChI is InChI=1S/C18H18N6/c1-13-9-20-14(10-19-13)11-21-18-22-12-17-16(23-18)7-8-24(17)15-5-3-2-4-6-15/h2-6,9-10,12H,7-8,11H2,1H3,(H,21,22,23). The number of aryl methyl sites for hydroxylation is 1. The number of benzene rings is 1. The van der Waals surface area contributed by atoms with E-state index in [2.05, 4.69) is 42.3 Å². The van der Waals surface area contributed by atoms with Crippen LogP contribution in [0.2, 0.25) is 0 Å². The lowest BCUT2D eigenvalue weighted by atomic mass is 10.3. The van der Waals surface area contributed by atoms with E-state index < -0.39 is 0 Å². The smallest absolute Gasteiger partial charge is 0.223 e. The Morgan fingerprint density at radius 2 is 1.92 bits per heavy atom. The van der Waals surface area contributed by atoms with Crippen LogP contribution in [0.5, 0.6) is 0 Å². The summed E-state index contributed by atoms with van der Waals surface area (Å²) >= 11 is 0. The summed E-state index contributed by atoms with van der Waals surface area (Å²) in [7, 11) is 0. The third-order valence-corrected chi connectivity index (χ3v) is 4.04. The van der Waals surface area contributed by atoms with E-state index in [4.69, 9.17) is 0 Å². The zero-order chi connectivity index (χ0) is 16.4. The van der Waals surface area contributed by atoms with Gasteiger partial charge in [0.2, 0.25) is 5.95 Å². The third kappa shape index (κ3) is 2.90. The van der Waals surface area contributed by atoms with Crippen LogP contribution in [0.3, 0.4) is 0 Å². The van der Waals surface area contributed by atoms with E-state index >= 15 is 0 Å². The van der Waals surface area contributed by atoms with Gasteiger partial charge in [-0.2, -0.15) is 0 Å². The molecule has 24 heavy (non-hydrogen) atoms. The lowest BCUT2D eigenvalue weighted by Crippen LogP contribution is -2.13. The fourth-order valence-electron chi connectivity index (χ4n) is 2.80. The van der Waals surface area contributed by atoms with Gasteiger partial charge in [-0.3, -0.25) is 9.97 Å². The van der Waals surface area contributed by atoms with Crippen LogP contribution in [0.1, 0.15) is 17.1 Å². The highest BCUT2D eigenvalue weighted by atomic mass is 15.2. The minimum absolute atomic E-state index is 0.564. The van der Waals surface area contributed by atoms with E-state index in [1.54, 1.807) is 12.4 Å². The topological polar surface area (TPSA) is 66.8 Å². The van der Waals surface area contributed by atoms with E-state index in [1.165, 1.54) is 5.69 Å². The third-order valence-electron chi connectivity index (χ3n) is 4.04. The fraction of sp³-hybridized carbons (Fsp3) is 0.222. The number of hydrogen-bond donors (Lipinski definition) is 1. The zero-order valence-electron chi connectivity index (χ0n) is 13.5. The number of aromatic nitrogens is 4. The van der Waals surface area contributed by atoms with Crippen LogP contribution in [0.15, 0.2) is 48.9 Å². The van der Waals surface area contributed by atoms with Crippen LogP contribution in [-0.4, -0.2) is 26.5 Å². The quantitative estimate of drug-likeness (QED) is 0.798. The van der Waals surface area contributed by atoms with Crippen molar-refractivity contribution in [2.24, 2.45) is 0 Å². The first-order valence-corrected chi connectivity index (χ1v) is 7.99. The average molecular weight is 318 g/mol. The Labute approximate surface area is 140 Å². The highest BCUT2D eigenvalue weighted by Gasteiger charge is 2.22. The van der Waals surface area contributed by atoms with Gasteiger partial charge in [0.1, 0.15) is 0 Å². The second-order valence-electron chi connectivity index (χ2n) is 5.77. The Balaban J connectivity index is 1.49. The summed E-state index contributed by atoms with van der Waals surface area (Å²) in [5.74, 6) is 0.631. The molecule has 0 bridgehead atoms. The molecule has 4 rings (SSSR count). The van der Waals surface area contributed by atoms with Crippen LogP contribution < -0.4 is 10.2 Å². The van der Waals surface area contributed by atoms with Gasteiger partial charge >= 0.3 is 0 Å². The van der Waals surface area contributed by atoms with Gasteiger partial charge in [0.15, 0.2) is 0 Å². The molecule has 0 radical (unpaired) electrons. The summed E-state index contributed by atoms with van der Waals surface area (Å²) in [6, 6.07) is 10.3. The summed E-state index contributed by atoms with van der Waals surface area (Å²) in [4.78, 5) is 19.9. The molecule has 0 atom stereocenters. The van der Waals surface area contributed by atoms with Gasteiger partial charge in [-0.25, -0.2) is 9.97 Å². The van der Waals surface area contributed by atoms with Gasteiger partial charge in [-0.1, -0.05) is 18.2 Å². The molecule has 0 saturated heterocycles. The van der Waals surface area contributed by atoms with E-state index in [0.29, 0.717) is 12.5 Å². The highest BCUT2D eigenvalue weighted by molar-refractivity contribution is 5.68. The lowest BCUT2D eigenvalue weighted by molar-refractivity contribution is 0.946. The Bertz CT molecular complexity index is 832. The Hall–Kier alpha value is -3.02. The number of rotatable bonds is 4. The van der Waals surface area contributed by atoms with Crippen molar-refractivity contribution in [2.75, 3.05) is 16.8 Å². The maximum atomic E-state index is 4.65. The first-order chi connectivity index (χ1) is 11.8. The molecule has 120 valence electrons. The second kappa shape index (κ2) is 6.23. The number of anilines is 3. The van der Waals surface area contributed by atoms with Gasteiger partial charge in [-0.15, -0.1) is 0 Å². The van der Waals surface area contributed by atoms with Crippen molar-refractivity contribution >= 4 is 17.3 Å². The zero-order valence-corrected chi connectivity index (χ0v) is 13.5. The Kier molecular flexibility index (Phi) is 3.78. The summed E-state index contributed by atoms with van der Waals surface area (Å²) in [6.07, 6.45) is 6.35. The molecule has 1 aromatic carbocycles. The number of hydrogen-bond acceptors (Lipinski definition) is 6. The lowest BCUT2D eigenvalue weighted by Gasteiger charge is -2.18. The molecule has 6 heteroatoms. The minimum Gasteiger partial charge on any atom is -0.348 e. The number of nitrogens with zero attached hydrogens (tertiary/aromatic N) is 5. The van der Waals surface area contributed by atoms with Crippen molar-refractivity contribution in [3.05, 3.63) is 66.0 Å². The van der Waals surface area contributed by atoms with Gasteiger partial charge in [0, 0.05) is 24.8 Å². The van der Waals surface area contributed by atoms with E-state index in [1.807, 2.05) is 31.3 Å². The van der Waals surface area contributed by atoms with Crippen molar-refractivity contribution in [2.45, 2.75) is 19.9 Å². The Morgan fingerprint density at radius 1 is 1.04 bits per heavy atom. The van der Waals surface area contributed by atoms with E-state index in [9.17, 15) is 0 Å². The van der Waals surface area contributed by atoms with Crippen molar-refractivity contribution < 1.29 is 0 Å². The largest absolute Gasteiger partial charge is 0.348 e. The number of nitrogens with one attached hydrogen (secondary N) is 1. The highest BCUT2D eigenvalue weighted by Crippen LogP contribution is 2.33. The molecule has 1 N–H and O–H groups in total. The number of fused-ring (bicyclic) bond motifs is 1. The molecule has 3 aromatic rings. The maximum absolute atomic E-state index is 4.65. The van der Waals surface area contributed by atoms with Crippen LogP contribution in [0, 0.1) is 6.92 Å². The number of para-hydroxylation sites is 1. The fourth-order valence-corrected chi connectivity index (χ4v) is 2.80. The summed E-state index contributed by atoms with van der Waals surface area (Å²) in [5.41, 5.74) is 5.12. The molecule has 0 aliphatic carbocycles. The molecule has 0 spiro atoms. The van der Waals surface area contributed by atoms with Crippen LogP contribution in [0.4, 0.5) is 17.3 Å². The van der Waals surface area contributed by atoms with Gasteiger partial charge < -0.3 is 10.2 Å². The predicted molar refractivity (Wildman–Crippen MR) is 93.3 cm³/mol. The summed E-state index contributed by atoms with van der Waals surface area (Å²) in [5, 5.41) is 3.22. The van der Waals surface area contributed by atoms with Crippen molar-refractivity contribution in [3.8, 4) is 0 Å². The van der Waals surface area contributed by atoms with Gasteiger partial charge in [0.25, 0.3) is 0 Å². The summed E-state index contributed by atoms with van der Waals surface area (Å²) in [6.45, 7) is 3.42. The van der Waals surface area contributed by atoms with Gasteiger partial charge in [0.05, 0.1) is 41.7 Å². The molecule has 3 heterocycles. The normalized spacial score (nSPS) is 13.0. The molecular formula is C18H18N6. The minimum atomic E-state index is 0.564. The molecule has 1 aliphatic rings. The monoisotopic (exact) mass is 318 g/mol. The van der Waals surface area contributed by atoms with E-state index in [-0.39, 0.29) is 0 Å². The summed E-state index contributed by atoms with van der Waals surface area (Å²) < 4.78 is 0. The first kappa shape index (κ1) is 14.6. The predicted octanol–water partition coefficient (Wildman–Crippen LogP) is 2.88. The molecule has 0 saturated carbocycles. The van der Waals surface area contributed by atoms with Crippen molar-refractivity contribution in [1.29, 1.82) is 0 Å². The SMILES string of the molecule is Cc1cnc(CNc2ncc3c(n2)CCN3c2ccccc2)cn1. The second-order valence-corrected chi connectivity index (χ2v) is 5.77. The van der Waals surface area contributed by atoms with E-state index in [0.717, 1.165) is 35.7 Å². The van der Waals surface area contributed by atoms with Crippen LogP contribution in [-0.2, 0) is 13.0 Å². The molecule has 0 amide bonds. The van der Waals surface area contributed by atoms with Crippen LogP contribution in [0.25, 0.3) is 0 Å². The Morgan fingerprint density at radius 3 is 2.71 bits per heavy atom. The molecular weight excluding hydrogens is 300 g/mol. The molecule has 6 nitrogen and oxygen atoms in total. The maximum Gasteiger partial charge on any atom is 0.223 e. The van der Waals surface area contributed by atoms with Crippen molar-refractivity contribution in [1.82, 2.24) is 19.9 Å². The molecule has 2 aromatic heterocycles. The average Bonchev–Trinajstić information content (AvgIpc) is 3.05. The van der Waals surface area contributed by atoms with Crippen molar-refractivity contribution in [3.63, 3.8) is 0 Å². The molecule has 1 aliphatic heterocycles. The first-order valence-electron chi connectivity index (χ1n) is 7.99. The van der Waals surface area contributed by atoms with Crippen LogP contribution >= 0.6 is 0 Å². The molecule has 0 unspecified atom stereocenters. The van der Waals surface area contributed by atoms with Gasteiger partial charge in [-0.05, 0) is 19.1 Å².